The van der Waals surface area contributed by atoms with Crippen LogP contribution < -0.4 is 5.32 Å². The number of carbonyl (C=O) groups is 1. The van der Waals surface area contributed by atoms with Crippen LogP contribution in [0.15, 0.2) is 6.07 Å². The van der Waals surface area contributed by atoms with Crippen molar-refractivity contribution in [2.45, 2.75) is 44.2 Å². The molecule has 19 heavy (non-hydrogen) atoms. The predicted molar refractivity (Wildman–Crippen MR) is 78.8 cm³/mol. The van der Waals surface area contributed by atoms with E-state index in [4.69, 9.17) is 11.6 Å². The molecule has 0 bridgehead atoms. The number of halogens is 1. The number of rotatable bonds is 2. The van der Waals surface area contributed by atoms with E-state index in [-0.39, 0.29) is 5.91 Å². The molecule has 2 atom stereocenters. The number of hydrogen-bond donors (Lipinski definition) is 1. The molecule has 0 saturated carbocycles. The normalized spacial score (nSPS) is 27.5. The third-order valence-electron chi connectivity index (χ3n) is 4.15. The summed E-state index contributed by atoms with van der Waals surface area (Å²) in [4.78, 5) is 14.8. The van der Waals surface area contributed by atoms with Crippen molar-refractivity contribution < 1.29 is 4.79 Å². The minimum atomic E-state index is 0.265. The first-order valence-corrected chi connectivity index (χ1v) is 8.11. The standard InChI is InChI=1S/C14H19ClN2OS/c1-17-8-9(5-6-14(17)18)16-11-3-2-4-12-10(11)7-13(15)19-12/h7,9,11,16H,2-6,8H2,1H3. The highest BCUT2D eigenvalue weighted by molar-refractivity contribution is 7.16. The number of carbonyl (C=O) groups excluding carboxylic acids is 1. The van der Waals surface area contributed by atoms with E-state index in [1.165, 1.54) is 23.3 Å². The zero-order valence-corrected chi connectivity index (χ0v) is 12.7. The number of likely N-dealkylation sites (tertiary alicyclic amines) is 1. The number of nitrogens with one attached hydrogen (secondary N) is 1. The van der Waals surface area contributed by atoms with Gasteiger partial charge in [0.2, 0.25) is 5.91 Å². The monoisotopic (exact) mass is 298 g/mol. The lowest BCUT2D eigenvalue weighted by Gasteiger charge is -2.34. The molecule has 1 aromatic rings. The molecule has 1 aliphatic carbocycles. The van der Waals surface area contributed by atoms with Crippen molar-refractivity contribution >= 4 is 28.8 Å². The van der Waals surface area contributed by atoms with Crippen molar-refractivity contribution in [3.63, 3.8) is 0 Å². The first-order valence-electron chi connectivity index (χ1n) is 6.91. The summed E-state index contributed by atoms with van der Waals surface area (Å²) in [5, 5.41) is 3.73. The average Bonchev–Trinajstić information content (AvgIpc) is 2.75. The molecule has 1 amide bonds. The van der Waals surface area contributed by atoms with E-state index in [1.807, 2.05) is 11.9 Å². The Morgan fingerprint density at radius 1 is 1.42 bits per heavy atom. The molecule has 0 radical (unpaired) electrons. The lowest BCUT2D eigenvalue weighted by molar-refractivity contribution is -0.132. The highest BCUT2D eigenvalue weighted by atomic mass is 35.5. The number of likely N-dealkylation sites (N-methyl/N-ethyl adjacent to an activating group) is 1. The quantitative estimate of drug-likeness (QED) is 0.910. The van der Waals surface area contributed by atoms with Crippen molar-refractivity contribution in [2.75, 3.05) is 13.6 Å². The van der Waals surface area contributed by atoms with E-state index in [0.717, 1.165) is 23.7 Å². The molecule has 1 aliphatic heterocycles. The van der Waals surface area contributed by atoms with Gasteiger partial charge in [-0.3, -0.25) is 4.79 Å². The fraction of sp³-hybridized carbons (Fsp3) is 0.643. The van der Waals surface area contributed by atoms with Gasteiger partial charge in [-0.25, -0.2) is 0 Å². The SMILES string of the molecule is CN1CC(NC2CCCc3sc(Cl)cc32)CCC1=O. The van der Waals surface area contributed by atoms with Gasteiger partial charge in [-0.15, -0.1) is 11.3 Å². The zero-order valence-electron chi connectivity index (χ0n) is 11.1. The highest BCUT2D eigenvalue weighted by Gasteiger charge is 2.28. The Balaban J connectivity index is 1.69. The van der Waals surface area contributed by atoms with Gasteiger partial charge in [-0.1, -0.05) is 11.6 Å². The van der Waals surface area contributed by atoms with Crippen LogP contribution in [0.4, 0.5) is 0 Å². The molecular formula is C14H19ClN2OS. The van der Waals surface area contributed by atoms with Gasteiger partial charge < -0.3 is 10.2 Å². The Morgan fingerprint density at radius 3 is 3.05 bits per heavy atom. The average molecular weight is 299 g/mol. The lowest BCUT2D eigenvalue weighted by Crippen LogP contribution is -2.47. The van der Waals surface area contributed by atoms with E-state index >= 15 is 0 Å². The van der Waals surface area contributed by atoms with Crippen LogP contribution in [-0.2, 0) is 11.2 Å². The van der Waals surface area contributed by atoms with Gasteiger partial charge >= 0.3 is 0 Å². The Labute approximate surface area is 122 Å². The minimum absolute atomic E-state index is 0.265. The molecule has 5 heteroatoms. The van der Waals surface area contributed by atoms with E-state index < -0.39 is 0 Å². The lowest BCUT2D eigenvalue weighted by atomic mass is 9.92. The maximum absolute atomic E-state index is 11.5. The summed E-state index contributed by atoms with van der Waals surface area (Å²) in [5.41, 5.74) is 1.39. The summed E-state index contributed by atoms with van der Waals surface area (Å²) in [6.07, 6.45) is 5.18. The molecular weight excluding hydrogens is 280 g/mol. The maximum Gasteiger partial charge on any atom is 0.222 e. The predicted octanol–water partition coefficient (Wildman–Crippen LogP) is 2.99. The molecule has 104 valence electrons. The van der Waals surface area contributed by atoms with Crippen molar-refractivity contribution in [1.29, 1.82) is 0 Å². The molecule has 1 aromatic heterocycles. The largest absolute Gasteiger partial charge is 0.344 e. The van der Waals surface area contributed by atoms with Crippen LogP contribution in [0.5, 0.6) is 0 Å². The van der Waals surface area contributed by atoms with Gasteiger partial charge in [0.05, 0.1) is 4.34 Å². The topological polar surface area (TPSA) is 32.3 Å². The second-order valence-corrected chi connectivity index (χ2v) is 7.32. The van der Waals surface area contributed by atoms with Crippen molar-refractivity contribution in [3.8, 4) is 0 Å². The maximum atomic E-state index is 11.5. The highest BCUT2D eigenvalue weighted by Crippen LogP contribution is 2.38. The van der Waals surface area contributed by atoms with Crippen molar-refractivity contribution in [2.24, 2.45) is 0 Å². The van der Waals surface area contributed by atoms with Crippen LogP contribution in [0.1, 0.15) is 42.2 Å². The molecule has 0 aromatic carbocycles. The number of fused-ring (bicyclic) bond motifs is 1. The van der Waals surface area contributed by atoms with Gasteiger partial charge in [0.25, 0.3) is 0 Å². The number of nitrogens with zero attached hydrogens (tertiary/aromatic N) is 1. The molecule has 2 heterocycles. The van der Waals surface area contributed by atoms with Crippen molar-refractivity contribution in [3.05, 3.63) is 20.8 Å². The van der Waals surface area contributed by atoms with Gasteiger partial charge in [0, 0.05) is 37.0 Å². The molecule has 3 nitrogen and oxygen atoms in total. The van der Waals surface area contributed by atoms with Gasteiger partial charge in [-0.05, 0) is 37.3 Å². The minimum Gasteiger partial charge on any atom is -0.344 e. The molecule has 2 unspecified atom stereocenters. The summed E-state index contributed by atoms with van der Waals surface area (Å²) in [6, 6.07) is 2.95. The van der Waals surface area contributed by atoms with E-state index in [9.17, 15) is 4.79 Å². The molecule has 0 spiro atoms. The van der Waals surface area contributed by atoms with E-state index in [2.05, 4.69) is 11.4 Å². The third-order valence-corrected chi connectivity index (χ3v) is 5.49. The van der Waals surface area contributed by atoms with Crippen molar-refractivity contribution in [1.82, 2.24) is 10.2 Å². The van der Waals surface area contributed by atoms with Crippen LogP contribution in [-0.4, -0.2) is 30.4 Å². The van der Waals surface area contributed by atoms with Crippen LogP contribution >= 0.6 is 22.9 Å². The number of thiophene rings is 1. The van der Waals surface area contributed by atoms with Crippen LogP contribution in [0.2, 0.25) is 4.34 Å². The molecule has 1 N–H and O–H groups in total. The molecule has 1 fully saturated rings. The number of hydrogen-bond acceptors (Lipinski definition) is 3. The van der Waals surface area contributed by atoms with Gasteiger partial charge in [0.15, 0.2) is 0 Å². The summed E-state index contributed by atoms with van der Waals surface area (Å²) in [6.45, 7) is 0.822. The van der Waals surface area contributed by atoms with Gasteiger partial charge in [-0.2, -0.15) is 0 Å². The Hall–Kier alpha value is -0.580. The molecule has 2 aliphatic rings. The van der Waals surface area contributed by atoms with Crippen LogP contribution in [0, 0.1) is 0 Å². The fourth-order valence-corrected chi connectivity index (χ4v) is 4.51. The Kier molecular flexibility index (Phi) is 3.83. The summed E-state index contributed by atoms with van der Waals surface area (Å²) >= 11 is 7.86. The summed E-state index contributed by atoms with van der Waals surface area (Å²) in [5.74, 6) is 0.265. The zero-order chi connectivity index (χ0) is 13.4. The summed E-state index contributed by atoms with van der Waals surface area (Å²) in [7, 11) is 1.89. The second kappa shape index (κ2) is 5.43. The smallest absolute Gasteiger partial charge is 0.222 e. The van der Waals surface area contributed by atoms with E-state index in [1.54, 1.807) is 11.3 Å². The summed E-state index contributed by atoms with van der Waals surface area (Å²) < 4.78 is 0.898. The molecule has 3 rings (SSSR count). The first-order chi connectivity index (χ1) is 9.13. The first kappa shape index (κ1) is 13.4. The Bertz CT molecular complexity index is 488. The van der Waals surface area contributed by atoms with Crippen LogP contribution in [0.3, 0.4) is 0 Å². The van der Waals surface area contributed by atoms with E-state index in [0.29, 0.717) is 18.5 Å². The number of amides is 1. The number of piperidine rings is 1. The Morgan fingerprint density at radius 2 is 2.26 bits per heavy atom. The third kappa shape index (κ3) is 2.81. The second-order valence-electron chi connectivity index (χ2n) is 5.55. The van der Waals surface area contributed by atoms with Gasteiger partial charge in [0.1, 0.15) is 0 Å². The van der Waals surface area contributed by atoms with Crippen LogP contribution in [0.25, 0.3) is 0 Å². The number of aryl methyl sites for hydroxylation is 1. The fourth-order valence-electron chi connectivity index (χ4n) is 3.13. The molecule has 1 saturated heterocycles.